The van der Waals surface area contributed by atoms with Crippen molar-refractivity contribution < 1.29 is 18.8 Å². The summed E-state index contributed by atoms with van der Waals surface area (Å²) in [5, 5.41) is 10.7. The van der Waals surface area contributed by atoms with E-state index >= 15 is 0 Å². The van der Waals surface area contributed by atoms with Gasteiger partial charge in [0, 0.05) is 16.6 Å². The zero-order valence-electron chi connectivity index (χ0n) is 10.8. The molecule has 0 heterocycles. The summed E-state index contributed by atoms with van der Waals surface area (Å²) < 4.78 is 19.6. The fraction of sp³-hybridized carbons (Fsp3) is 0.0714. The zero-order valence-corrected chi connectivity index (χ0v) is 12.4. The largest absolute Gasteiger partial charge is 0.453 e. The van der Waals surface area contributed by atoms with Crippen molar-refractivity contribution in [3.05, 3.63) is 62.4 Å². The first-order valence-corrected chi connectivity index (χ1v) is 6.60. The summed E-state index contributed by atoms with van der Waals surface area (Å²) >= 11 is 3.18. The first kappa shape index (κ1) is 15.1. The van der Waals surface area contributed by atoms with Gasteiger partial charge in [-0.25, -0.2) is 4.39 Å². The number of ketones is 1. The quantitative estimate of drug-likeness (QED) is 0.461. The Morgan fingerprint density at radius 3 is 2.57 bits per heavy atom. The van der Waals surface area contributed by atoms with Crippen LogP contribution in [0.4, 0.5) is 10.1 Å². The molecule has 0 bridgehead atoms. The van der Waals surface area contributed by atoms with Gasteiger partial charge in [-0.3, -0.25) is 14.9 Å². The van der Waals surface area contributed by atoms with Gasteiger partial charge < -0.3 is 4.74 Å². The Morgan fingerprint density at radius 1 is 1.24 bits per heavy atom. The summed E-state index contributed by atoms with van der Waals surface area (Å²) in [5.74, 6) is -1.04. The van der Waals surface area contributed by atoms with Gasteiger partial charge in [0.25, 0.3) is 5.69 Å². The molecular formula is C14H9BrFNO4. The van der Waals surface area contributed by atoms with Crippen molar-refractivity contribution in [2.45, 2.75) is 6.92 Å². The van der Waals surface area contributed by atoms with E-state index in [2.05, 4.69) is 15.9 Å². The molecule has 21 heavy (non-hydrogen) atoms. The van der Waals surface area contributed by atoms with E-state index in [1.807, 2.05) is 0 Å². The van der Waals surface area contributed by atoms with Crippen molar-refractivity contribution in [1.29, 1.82) is 0 Å². The fourth-order valence-electron chi connectivity index (χ4n) is 1.67. The van der Waals surface area contributed by atoms with Crippen LogP contribution in [0.15, 0.2) is 40.9 Å². The van der Waals surface area contributed by atoms with E-state index in [0.717, 1.165) is 6.07 Å². The predicted octanol–water partition coefficient (Wildman–Crippen LogP) is 4.49. The van der Waals surface area contributed by atoms with Gasteiger partial charge in [0.15, 0.2) is 17.3 Å². The Labute approximate surface area is 127 Å². The molecule has 0 aliphatic heterocycles. The summed E-state index contributed by atoms with van der Waals surface area (Å²) in [6.07, 6.45) is 0. The summed E-state index contributed by atoms with van der Waals surface area (Å²) in [6.45, 7) is 1.25. The molecule has 2 aromatic rings. The van der Waals surface area contributed by atoms with Crippen LogP contribution in [0.2, 0.25) is 0 Å². The molecule has 0 fully saturated rings. The van der Waals surface area contributed by atoms with Crippen LogP contribution < -0.4 is 4.74 Å². The number of carbonyl (C=O) groups is 1. The monoisotopic (exact) mass is 353 g/mol. The summed E-state index contributed by atoms with van der Waals surface area (Å²) in [5.41, 5.74) is -0.217. The normalized spacial score (nSPS) is 10.2. The molecule has 0 aliphatic rings. The molecule has 0 amide bonds. The highest BCUT2D eigenvalue weighted by atomic mass is 79.9. The number of Topliss-reactive ketones (excluding diaryl/α,β-unsaturated/α-hetero) is 1. The molecule has 0 aliphatic carbocycles. The van der Waals surface area contributed by atoms with E-state index in [1.165, 1.54) is 37.3 Å². The van der Waals surface area contributed by atoms with Crippen molar-refractivity contribution >= 4 is 27.4 Å². The molecule has 0 radical (unpaired) electrons. The molecule has 0 spiro atoms. The maximum absolute atomic E-state index is 13.7. The molecule has 0 N–H and O–H groups in total. The first-order valence-electron chi connectivity index (χ1n) is 5.81. The first-order chi connectivity index (χ1) is 9.88. The highest BCUT2D eigenvalue weighted by Gasteiger charge is 2.16. The van der Waals surface area contributed by atoms with Gasteiger partial charge in [0.05, 0.1) is 10.5 Å². The zero-order chi connectivity index (χ0) is 15.6. The van der Waals surface area contributed by atoms with Gasteiger partial charge in [-0.2, -0.15) is 0 Å². The minimum atomic E-state index is -0.615. The number of ether oxygens (including phenoxy) is 1. The molecule has 108 valence electrons. The molecular weight excluding hydrogens is 345 g/mol. The Morgan fingerprint density at radius 2 is 1.95 bits per heavy atom. The number of nitro groups is 1. The lowest BCUT2D eigenvalue weighted by molar-refractivity contribution is -0.384. The Kier molecular flexibility index (Phi) is 4.32. The van der Waals surface area contributed by atoms with Crippen LogP contribution in [0.1, 0.15) is 17.3 Å². The summed E-state index contributed by atoms with van der Waals surface area (Å²) in [6, 6.07) is 7.68. The predicted molar refractivity (Wildman–Crippen MR) is 77.3 cm³/mol. The highest BCUT2D eigenvalue weighted by Crippen LogP contribution is 2.32. The lowest BCUT2D eigenvalue weighted by atomic mass is 10.1. The smallest absolute Gasteiger partial charge is 0.270 e. The van der Waals surface area contributed by atoms with Gasteiger partial charge in [0.1, 0.15) is 5.75 Å². The van der Waals surface area contributed by atoms with E-state index in [1.54, 1.807) is 0 Å². The van der Waals surface area contributed by atoms with Crippen molar-refractivity contribution in [3.63, 3.8) is 0 Å². The number of nitro benzene ring substituents is 1. The molecule has 0 atom stereocenters. The van der Waals surface area contributed by atoms with Gasteiger partial charge in [0.2, 0.25) is 0 Å². The number of non-ortho nitro benzene ring substituents is 1. The number of rotatable bonds is 4. The van der Waals surface area contributed by atoms with Crippen LogP contribution in [-0.4, -0.2) is 10.7 Å². The van der Waals surface area contributed by atoms with Gasteiger partial charge in [-0.05, 0) is 31.2 Å². The standard InChI is InChI=1S/C14H9BrFNO4/c1-8(18)11-7-10(17(19)20)3-5-13(11)21-14-6-9(15)2-4-12(14)16/h2-7H,1H3. The van der Waals surface area contributed by atoms with Crippen molar-refractivity contribution in [1.82, 2.24) is 0 Å². The molecule has 2 rings (SSSR count). The van der Waals surface area contributed by atoms with Crippen molar-refractivity contribution in [2.75, 3.05) is 0 Å². The average molecular weight is 354 g/mol. The van der Waals surface area contributed by atoms with Crippen LogP contribution in [0.25, 0.3) is 0 Å². The molecule has 0 aromatic heterocycles. The lowest BCUT2D eigenvalue weighted by Crippen LogP contribution is -2.00. The molecule has 7 heteroatoms. The summed E-state index contributed by atoms with van der Waals surface area (Å²) in [4.78, 5) is 21.7. The van der Waals surface area contributed by atoms with Crippen LogP contribution in [-0.2, 0) is 0 Å². The van der Waals surface area contributed by atoms with Crippen LogP contribution in [0.3, 0.4) is 0 Å². The Balaban J connectivity index is 2.46. The summed E-state index contributed by atoms with van der Waals surface area (Å²) in [7, 11) is 0. The van der Waals surface area contributed by atoms with Gasteiger partial charge in [-0.15, -0.1) is 0 Å². The number of nitrogens with zero attached hydrogens (tertiary/aromatic N) is 1. The third-order valence-electron chi connectivity index (χ3n) is 2.67. The van der Waals surface area contributed by atoms with Crippen molar-refractivity contribution in [3.8, 4) is 11.5 Å². The Hall–Kier alpha value is -2.28. The average Bonchev–Trinajstić information content (AvgIpc) is 2.42. The van der Waals surface area contributed by atoms with Crippen LogP contribution >= 0.6 is 15.9 Å². The number of carbonyl (C=O) groups excluding carboxylic acids is 1. The van der Waals surface area contributed by atoms with Gasteiger partial charge >= 0.3 is 0 Å². The minimum Gasteiger partial charge on any atom is -0.453 e. The topological polar surface area (TPSA) is 69.4 Å². The number of benzene rings is 2. The molecule has 2 aromatic carbocycles. The van der Waals surface area contributed by atoms with E-state index in [-0.39, 0.29) is 22.7 Å². The maximum Gasteiger partial charge on any atom is 0.270 e. The number of hydrogen-bond acceptors (Lipinski definition) is 4. The highest BCUT2D eigenvalue weighted by molar-refractivity contribution is 9.10. The maximum atomic E-state index is 13.7. The number of halogens is 2. The van der Waals surface area contributed by atoms with E-state index in [4.69, 9.17) is 4.74 Å². The minimum absolute atomic E-state index is 0.0172. The second-order valence-corrected chi connectivity index (χ2v) is 5.09. The van der Waals surface area contributed by atoms with E-state index < -0.39 is 16.5 Å². The van der Waals surface area contributed by atoms with E-state index in [0.29, 0.717) is 4.47 Å². The molecule has 0 saturated carbocycles. The van der Waals surface area contributed by atoms with Crippen LogP contribution in [0.5, 0.6) is 11.5 Å². The second-order valence-electron chi connectivity index (χ2n) is 4.17. The molecule has 0 unspecified atom stereocenters. The van der Waals surface area contributed by atoms with E-state index in [9.17, 15) is 19.3 Å². The third kappa shape index (κ3) is 3.43. The molecule has 0 saturated heterocycles. The molecule has 5 nitrogen and oxygen atoms in total. The third-order valence-corrected chi connectivity index (χ3v) is 3.16. The van der Waals surface area contributed by atoms with Gasteiger partial charge in [-0.1, -0.05) is 15.9 Å². The SMILES string of the molecule is CC(=O)c1cc([N+](=O)[O-])ccc1Oc1cc(Br)ccc1F. The fourth-order valence-corrected chi connectivity index (χ4v) is 2.01. The second kappa shape index (κ2) is 6.01. The van der Waals surface area contributed by atoms with Crippen molar-refractivity contribution in [2.24, 2.45) is 0 Å². The lowest BCUT2D eigenvalue weighted by Gasteiger charge is -2.10. The number of hydrogen-bond donors (Lipinski definition) is 0. The van der Waals surface area contributed by atoms with Crippen LogP contribution in [0, 0.1) is 15.9 Å². The Bertz CT molecular complexity index is 733.